The molecule has 1 atom stereocenters. The van der Waals surface area contributed by atoms with Crippen LogP contribution >= 0.6 is 0 Å². The van der Waals surface area contributed by atoms with Crippen LogP contribution in [0.4, 0.5) is 4.39 Å². The lowest BCUT2D eigenvalue weighted by molar-refractivity contribution is 0.463. The first-order valence-corrected chi connectivity index (χ1v) is 8.21. The summed E-state index contributed by atoms with van der Waals surface area (Å²) in [5, 5.41) is 0. The van der Waals surface area contributed by atoms with Crippen molar-refractivity contribution in [3.8, 4) is 0 Å². The molecule has 1 N–H and O–H groups in total. The van der Waals surface area contributed by atoms with Crippen LogP contribution in [0.25, 0.3) is 0 Å². The molecule has 2 aromatic rings. The zero-order chi connectivity index (χ0) is 15.5. The van der Waals surface area contributed by atoms with E-state index in [9.17, 15) is 12.8 Å². The molecular weight excluding hydrogens is 289 g/mol. The highest BCUT2D eigenvalue weighted by Crippen LogP contribution is 2.24. The van der Waals surface area contributed by atoms with Crippen LogP contribution in [0.15, 0.2) is 59.5 Å². The Kier molecular flexibility index (Phi) is 4.75. The number of halogens is 1. The van der Waals surface area contributed by atoms with E-state index in [1.807, 2.05) is 44.2 Å². The number of hydrogen-bond acceptors (Lipinski definition) is 2. The first-order valence-electron chi connectivity index (χ1n) is 6.73. The topological polar surface area (TPSA) is 46.2 Å². The van der Waals surface area contributed by atoms with E-state index >= 15 is 0 Å². The molecule has 2 aromatic carbocycles. The largest absolute Gasteiger partial charge is 0.241 e. The van der Waals surface area contributed by atoms with E-state index in [1.54, 1.807) is 0 Å². The van der Waals surface area contributed by atoms with Crippen LogP contribution in [0.1, 0.15) is 25.5 Å². The highest BCUT2D eigenvalue weighted by atomic mass is 32.2. The predicted octanol–water partition coefficient (Wildman–Crippen LogP) is 3.50. The average Bonchev–Trinajstić information content (AvgIpc) is 2.45. The van der Waals surface area contributed by atoms with Gasteiger partial charge < -0.3 is 0 Å². The summed E-state index contributed by atoms with van der Waals surface area (Å²) >= 11 is 0. The second-order valence-electron chi connectivity index (χ2n) is 5.21. The molecule has 21 heavy (non-hydrogen) atoms. The van der Waals surface area contributed by atoms with Crippen molar-refractivity contribution in [2.24, 2.45) is 5.92 Å². The van der Waals surface area contributed by atoms with Crippen molar-refractivity contribution in [2.75, 3.05) is 0 Å². The molecule has 0 bridgehead atoms. The molecule has 0 spiro atoms. The van der Waals surface area contributed by atoms with Crippen LogP contribution in [-0.2, 0) is 10.0 Å². The monoisotopic (exact) mass is 307 g/mol. The van der Waals surface area contributed by atoms with Gasteiger partial charge in [0.1, 0.15) is 5.82 Å². The van der Waals surface area contributed by atoms with E-state index in [0.717, 1.165) is 11.6 Å². The zero-order valence-electron chi connectivity index (χ0n) is 12.0. The Bertz CT molecular complexity index is 699. The molecule has 0 fully saturated rings. The van der Waals surface area contributed by atoms with Gasteiger partial charge >= 0.3 is 0 Å². The zero-order valence-corrected chi connectivity index (χ0v) is 12.8. The van der Waals surface area contributed by atoms with Gasteiger partial charge in [0.25, 0.3) is 0 Å². The van der Waals surface area contributed by atoms with Crippen molar-refractivity contribution in [2.45, 2.75) is 24.8 Å². The van der Waals surface area contributed by atoms with Crippen molar-refractivity contribution in [1.29, 1.82) is 0 Å². The second-order valence-corrected chi connectivity index (χ2v) is 6.93. The standard InChI is InChI=1S/C16H18FNO2S/c1-12(2)16(13-7-4-3-5-8-13)18-21(19,20)15-10-6-9-14(17)11-15/h3-12,16,18H,1-2H3. The third kappa shape index (κ3) is 3.89. The van der Waals surface area contributed by atoms with Crippen LogP contribution in [-0.4, -0.2) is 8.42 Å². The van der Waals surface area contributed by atoms with Gasteiger partial charge in [-0.05, 0) is 29.7 Å². The van der Waals surface area contributed by atoms with E-state index < -0.39 is 15.8 Å². The van der Waals surface area contributed by atoms with Crippen LogP contribution in [0, 0.1) is 11.7 Å². The molecule has 3 nitrogen and oxygen atoms in total. The molecule has 5 heteroatoms. The summed E-state index contributed by atoms with van der Waals surface area (Å²) in [6.07, 6.45) is 0. The fourth-order valence-corrected chi connectivity index (χ4v) is 3.52. The minimum atomic E-state index is -3.77. The normalized spacial score (nSPS) is 13.3. The van der Waals surface area contributed by atoms with Crippen LogP contribution in [0.3, 0.4) is 0 Å². The van der Waals surface area contributed by atoms with Crippen molar-refractivity contribution in [3.63, 3.8) is 0 Å². The molecule has 0 radical (unpaired) electrons. The maximum absolute atomic E-state index is 13.2. The van der Waals surface area contributed by atoms with Crippen molar-refractivity contribution in [3.05, 3.63) is 66.0 Å². The van der Waals surface area contributed by atoms with Gasteiger partial charge in [0.15, 0.2) is 0 Å². The Morgan fingerprint density at radius 2 is 1.67 bits per heavy atom. The van der Waals surface area contributed by atoms with Crippen molar-refractivity contribution < 1.29 is 12.8 Å². The molecule has 0 aromatic heterocycles. The summed E-state index contributed by atoms with van der Waals surface area (Å²) in [5.74, 6) is -0.505. The minimum absolute atomic E-state index is 0.0655. The highest BCUT2D eigenvalue weighted by Gasteiger charge is 2.23. The molecular formula is C16H18FNO2S. The Balaban J connectivity index is 2.33. The molecule has 2 rings (SSSR count). The number of rotatable bonds is 5. The molecule has 0 saturated heterocycles. The number of sulfonamides is 1. The molecule has 0 saturated carbocycles. The van der Waals surface area contributed by atoms with Gasteiger partial charge in [0.05, 0.1) is 4.90 Å². The lowest BCUT2D eigenvalue weighted by Gasteiger charge is -2.22. The fraction of sp³-hybridized carbons (Fsp3) is 0.250. The third-order valence-electron chi connectivity index (χ3n) is 3.21. The van der Waals surface area contributed by atoms with E-state index in [1.165, 1.54) is 18.2 Å². The predicted molar refractivity (Wildman–Crippen MR) is 80.7 cm³/mol. The van der Waals surface area contributed by atoms with E-state index in [-0.39, 0.29) is 16.9 Å². The Labute approximate surface area is 124 Å². The summed E-state index contributed by atoms with van der Waals surface area (Å²) in [5.41, 5.74) is 0.882. The Hall–Kier alpha value is -1.72. The van der Waals surface area contributed by atoms with E-state index in [0.29, 0.717) is 0 Å². The Morgan fingerprint density at radius 1 is 1.00 bits per heavy atom. The van der Waals surface area contributed by atoms with E-state index in [2.05, 4.69) is 4.72 Å². The quantitative estimate of drug-likeness (QED) is 0.919. The minimum Gasteiger partial charge on any atom is -0.207 e. The average molecular weight is 307 g/mol. The smallest absolute Gasteiger partial charge is 0.207 e. The van der Waals surface area contributed by atoms with Gasteiger partial charge in [-0.25, -0.2) is 17.5 Å². The van der Waals surface area contributed by atoms with Gasteiger partial charge in [0.2, 0.25) is 10.0 Å². The van der Waals surface area contributed by atoms with E-state index in [4.69, 9.17) is 0 Å². The van der Waals surface area contributed by atoms with Gasteiger partial charge in [-0.3, -0.25) is 0 Å². The molecule has 0 heterocycles. The lowest BCUT2D eigenvalue weighted by atomic mass is 9.97. The summed E-state index contributed by atoms with van der Waals surface area (Å²) in [7, 11) is -3.77. The summed E-state index contributed by atoms with van der Waals surface area (Å²) < 4.78 is 40.7. The molecule has 0 aliphatic heterocycles. The maximum Gasteiger partial charge on any atom is 0.241 e. The highest BCUT2D eigenvalue weighted by molar-refractivity contribution is 7.89. The second kappa shape index (κ2) is 6.37. The fourth-order valence-electron chi connectivity index (χ4n) is 2.12. The Morgan fingerprint density at radius 3 is 2.24 bits per heavy atom. The molecule has 0 aliphatic rings. The van der Waals surface area contributed by atoms with Crippen LogP contribution < -0.4 is 4.72 Å². The molecule has 0 amide bonds. The maximum atomic E-state index is 13.2. The number of hydrogen-bond donors (Lipinski definition) is 1. The lowest BCUT2D eigenvalue weighted by Crippen LogP contribution is -2.31. The number of nitrogens with one attached hydrogen (secondary N) is 1. The third-order valence-corrected chi connectivity index (χ3v) is 4.65. The molecule has 0 aliphatic carbocycles. The summed E-state index contributed by atoms with van der Waals surface area (Å²) in [4.78, 5) is -0.0657. The van der Waals surface area contributed by atoms with Gasteiger partial charge in [-0.15, -0.1) is 0 Å². The SMILES string of the molecule is CC(C)C(NS(=O)(=O)c1cccc(F)c1)c1ccccc1. The van der Waals surface area contributed by atoms with Gasteiger partial charge in [-0.2, -0.15) is 0 Å². The van der Waals surface area contributed by atoms with Crippen molar-refractivity contribution in [1.82, 2.24) is 4.72 Å². The van der Waals surface area contributed by atoms with Gasteiger partial charge in [0, 0.05) is 6.04 Å². The van der Waals surface area contributed by atoms with Gasteiger partial charge in [-0.1, -0.05) is 50.2 Å². The van der Waals surface area contributed by atoms with Crippen LogP contribution in [0.5, 0.6) is 0 Å². The molecule has 112 valence electrons. The first-order chi connectivity index (χ1) is 9.90. The number of benzene rings is 2. The summed E-state index contributed by atoms with van der Waals surface area (Å²) in [6.45, 7) is 3.87. The van der Waals surface area contributed by atoms with Crippen LogP contribution in [0.2, 0.25) is 0 Å². The molecule has 1 unspecified atom stereocenters. The summed E-state index contributed by atoms with van der Waals surface area (Å²) in [6, 6.07) is 14.0. The first kappa shape index (κ1) is 15.7. The van der Waals surface area contributed by atoms with Crippen molar-refractivity contribution >= 4 is 10.0 Å².